The summed E-state index contributed by atoms with van der Waals surface area (Å²) in [4.78, 5) is 22.7. The number of esters is 1. The van der Waals surface area contributed by atoms with E-state index in [2.05, 4.69) is 10.1 Å². The van der Waals surface area contributed by atoms with Crippen LogP contribution in [0.15, 0.2) is 18.2 Å². The smallest absolute Gasteiger partial charge is 0.412 e. The fourth-order valence-corrected chi connectivity index (χ4v) is 1.63. The topological polar surface area (TPSA) is 105 Å². The number of anilines is 1. The number of carbonyl (C=O) groups is 2. The number of aromatic hydroxyl groups is 1. The first-order valence-corrected chi connectivity index (χ1v) is 6.70. The van der Waals surface area contributed by atoms with Gasteiger partial charge in [-0.15, -0.1) is 0 Å². The summed E-state index contributed by atoms with van der Waals surface area (Å²) >= 11 is 0. The molecular formula is C15H21NO6. The van der Waals surface area contributed by atoms with E-state index in [4.69, 9.17) is 4.74 Å². The van der Waals surface area contributed by atoms with E-state index in [-0.39, 0.29) is 17.9 Å². The lowest BCUT2D eigenvalue weighted by molar-refractivity contribution is -0.142. The lowest BCUT2D eigenvalue weighted by Gasteiger charge is -2.20. The Kier molecular flexibility index (Phi) is 5.76. The maximum absolute atomic E-state index is 11.6. The Morgan fingerprint density at radius 3 is 2.45 bits per heavy atom. The van der Waals surface area contributed by atoms with Crippen molar-refractivity contribution in [1.82, 2.24) is 0 Å². The third kappa shape index (κ3) is 5.61. The molecule has 0 saturated heterocycles. The van der Waals surface area contributed by atoms with Crippen molar-refractivity contribution in [2.45, 2.75) is 38.9 Å². The SMILES string of the molecule is COC(=O)CC(O)c1ccc(NC(=O)OC(C)(C)C)c(O)c1. The number of hydrogen-bond donors (Lipinski definition) is 3. The predicted molar refractivity (Wildman–Crippen MR) is 79.6 cm³/mol. The van der Waals surface area contributed by atoms with E-state index < -0.39 is 23.8 Å². The van der Waals surface area contributed by atoms with E-state index in [1.807, 2.05) is 0 Å². The van der Waals surface area contributed by atoms with Gasteiger partial charge in [-0.3, -0.25) is 10.1 Å². The highest BCUT2D eigenvalue weighted by Gasteiger charge is 2.19. The second-order valence-electron chi connectivity index (χ2n) is 5.70. The molecule has 7 nitrogen and oxygen atoms in total. The molecule has 1 atom stereocenters. The van der Waals surface area contributed by atoms with E-state index in [1.54, 1.807) is 20.8 Å². The number of aliphatic hydroxyl groups excluding tert-OH is 1. The van der Waals surface area contributed by atoms with Gasteiger partial charge in [-0.1, -0.05) is 6.07 Å². The molecular weight excluding hydrogens is 290 g/mol. The maximum atomic E-state index is 11.6. The molecule has 1 unspecified atom stereocenters. The Labute approximate surface area is 128 Å². The number of methoxy groups -OCH3 is 1. The molecule has 1 aromatic rings. The second kappa shape index (κ2) is 7.13. The Bertz CT molecular complexity index is 549. The molecule has 0 saturated carbocycles. The minimum atomic E-state index is -1.10. The molecule has 7 heteroatoms. The monoisotopic (exact) mass is 311 g/mol. The molecule has 0 aliphatic rings. The van der Waals surface area contributed by atoms with Gasteiger partial charge in [-0.05, 0) is 38.5 Å². The van der Waals surface area contributed by atoms with Gasteiger partial charge in [-0.2, -0.15) is 0 Å². The quantitative estimate of drug-likeness (QED) is 0.582. The van der Waals surface area contributed by atoms with Crippen LogP contribution in [0.5, 0.6) is 5.75 Å². The zero-order valence-electron chi connectivity index (χ0n) is 13.0. The number of amides is 1. The van der Waals surface area contributed by atoms with Gasteiger partial charge in [0, 0.05) is 0 Å². The number of nitrogens with one attached hydrogen (secondary N) is 1. The van der Waals surface area contributed by atoms with Crippen LogP contribution in [0.3, 0.4) is 0 Å². The van der Waals surface area contributed by atoms with Crippen molar-refractivity contribution in [2.75, 3.05) is 12.4 Å². The summed E-state index contributed by atoms with van der Waals surface area (Å²) in [7, 11) is 1.22. The molecule has 0 radical (unpaired) electrons. The summed E-state index contributed by atoms with van der Waals surface area (Å²) in [5.41, 5.74) is -0.183. The van der Waals surface area contributed by atoms with Crippen molar-refractivity contribution in [1.29, 1.82) is 0 Å². The van der Waals surface area contributed by atoms with Gasteiger partial charge in [-0.25, -0.2) is 4.79 Å². The Balaban J connectivity index is 2.77. The number of phenolic OH excluding ortho intramolecular Hbond substituents is 1. The minimum absolute atomic E-state index is 0.142. The third-order valence-electron chi connectivity index (χ3n) is 2.63. The van der Waals surface area contributed by atoms with Crippen LogP contribution in [0, 0.1) is 0 Å². The van der Waals surface area contributed by atoms with Gasteiger partial charge in [0.15, 0.2) is 0 Å². The van der Waals surface area contributed by atoms with Crippen molar-refractivity contribution < 1.29 is 29.3 Å². The maximum Gasteiger partial charge on any atom is 0.412 e. The first kappa shape index (κ1) is 17.8. The average Bonchev–Trinajstić information content (AvgIpc) is 2.38. The Morgan fingerprint density at radius 2 is 1.95 bits per heavy atom. The Hall–Kier alpha value is -2.28. The molecule has 0 fully saturated rings. The average molecular weight is 311 g/mol. The molecule has 1 rings (SSSR count). The van der Waals surface area contributed by atoms with E-state index >= 15 is 0 Å². The number of ether oxygens (including phenoxy) is 2. The molecule has 0 aliphatic carbocycles. The van der Waals surface area contributed by atoms with Crippen LogP contribution in [0.4, 0.5) is 10.5 Å². The van der Waals surface area contributed by atoms with Crippen molar-refractivity contribution in [3.05, 3.63) is 23.8 Å². The van der Waals surface area contributed by atoms with Gasteiger partial charge in [0.2, 0.25) is 0 Å². The first-order valence-electron chi connectivity index (χ1n) is 6.70. The molecule has 22 heavy (non-hydrogen) atoms. The minimum Gasteiger partial charge on any atom is -0.506 e. The number of carbonyl (C=O) groups excluding carboxylic acids is 2. The van der Waals surface area contributed by atoms with Crippen molar-refractivity contribution in [2.24, 2.45) is 0 Å². The second-order valence-corrected chi connectivity index (χ2v) is 5.70. The fourth-order valence-electron chi connectivity index (χ4n) is 1.63. The van der Waals surface area contributed by atoms with Crippen LogP contribution in [0.25, 0.3) is 0 Å². The zero-order chi connectivity index (χ0) is 16.9. The number of phenols is 1. The van der Waals surface area contributed by atoms with Crippen LogP contribution < -0.4 is 5.32 Å². The molecule has 0 bridgehead atoms. The first-order chi connectivity index (χ1) is 10.1. The number of benzene rings is 1. The van der Waals surface area contributed by atoms with E-state index in [1.165, 1.54) is 25.3 Å². The number of rotatable bonds is 4. The lowest BCUT2D eigenvalue weighted by Crippen LogP contribution is -2.27. The predicted octanol–water partition coefficient (Wildman–Crippen LogP) is 2.34. The molecule has 0 aliphatic heterocycles. The van der Waals surface area contributed by atoms with E-state index in [9.17, 15) is 19.8 Å². The fraction of sp³-hybridized carbons (Fsp3) is 0.467. The molecule has 3 N–H and O–H groups in total. The molecule has 122 valence electrons. The highest BCUT2D eigenvalue weighted by Crippen LogP contribution is 2.28. The van der Waals surface area contributed by atoms with Crippen molar-refractivity contribution in [3.8, 4) is 5.75 Å². The standard InChI is InChI=1S/C15H21NO6/c1-15(2,3)22-14(20)16-10-6-5-9(7-12(10)18)11(17)8-13(19)21-4/h5-7,11,17-18H,8H2,1-4H3,(H,16,20). The van der Waals surface area contributed by atoms with E-state index in [0.29, 0.717) is 5.56 Å². The van der Waals surface area contributed by atoms with Crippen LogP contribution in [-0.4, -0.2) is 35.0 Å². The summed E-state index contributed by atoms with van der Waals surface area (Å²) in [6.45, 7) is 5.16. The molecule has 0 aromatic heterocycles. The van der Waals surface area contributed by atoms with E-state index in [0.717, 1.165) is 0 Å². The van der Waals surface area contributed by atoms with Gasteiger partial charge in [0.05, 0.1) is 25.3 Å². The summed E-state index contributed by atoms with van der Waals surface area (Å²) in [5.74, 6) is -0.810. The normalized spacial score (nSPS) is 12.4. The largest absolute Gasteiger partial charge is 0.506 e. The van der Waals surface area contributed by atoms with Crippen molar-refractivity contribution >= 4 is 17.7 Å². The Morgan fingerprint density at radius 1 is 1.32 bits per heavy atom. The highest BCUT2D eigenvalue weighted by molar-refractivity contribution is 5.87. The summed E-state index contributed by atoms with van der Waals surface area (Å²) in [6, 6.07) is 4.16. The molecule has 0 heterocycles. The van der Waals surface area contributed by atoms with Crippen LogP contribution >= 0.6 is 0 Å². The third-order valence-corrected chi connectivity index (χ3v) is 2.63. The summed E-state index contributed by atoms with van der Waals surface area (Å²) < 4.78 is 9.53. The number of hydrogen-bond acceptors (Lipinski definition) is 6. The van der Waals surface area contributed by atoms with Gasteiger partial charge >= 0.3 is 12.1 Å². The lowest BCUT2D eigenvalue weighted by atomic mass is 10.1. The van der Waals surface area contributed by atoms with Gasteiger partial charge in [0.1, 0.15) is 11.4 Å². The van der Waals surface area contributed by atoms with Crippen LogP contribution in [-0.2, 0) is 14.3 Å². The van der Waals surface area contributed by atoms with Crippen LogP contribution in [0.2, 0.25) is 0 Å². The highest BCUT2D eigenvalue weighted by atomic mass is 16.6. The zero-order valence-corrected chi connectivity index (χ0v) is 13.0. The van der Waals surface area contributed by atoms with Gasteiger partial charge < -0.3 is 19.7 Å². The van der Waals surface area contributed by atoms with Crippen LogP contribution in [0.1, 0.15) is 38.9 Å². The molecule has 1 aromatic carbocycles. The summed E-state index contributed by atoms with van der Waals surface area (Å²) in [6.07, 6.45) is -2.03. The van der Waals surface area contributed by atoms with Gasteiger partial charge in [0.25, 0.3) is 0 Å². The molecule has 1 amide bonds. The summed E-state index contributed by atoms with van der Waals surface area (Å²) in [5, 5.41) is 22.1. The molecule has 0 spiro atoms. The number of aliphatic hydroxyl groups is 1. The van der Waals surface area contributed by atoms with Crippen molar-refractivity contribution in [3.63, 3.8) is 0 Å².